The summed E-state index contributed by atoms with van der Waals surface area (Å²) in [5.41, 5.74) is 2.25. The van der Waals surface area contributed by atoms with Crippen LogP contribution in [0.2, 0.25) is 5.02 Å². The van der Waals surface area contributed by atoms with Crippen LogP contribution in [0.5, 0.6) is 0 Å². The molecule has 3 rings (SSSR count). The molecule has 2 N–H and O–H groups in total. The zero-order chi connectivity index (χ0) is 22.9. The first-order valence-corrected chi connectivity index (χ1v) is 10.6. The summed E-state index contributed by atoms with van der Waals surface area (Å²) >= 11 is 5.82. The van der Waals surface area contributed by atoms with Crippen LogP contribution in [0.1, 0.15) is 11.1 Å². The molecule has 0 atom stereocenters. The number of ether oxygens (including phenoxy) is 1. The first-order chi connectivity index (χ1) is 15.4. The molecule has 10 heteroatoms. The summed E-state index contributed by atoms with van der Waals surface area (Å²) in [6.07, 6.45) is -2.94. The molecule has 2 aromatic carbocycles. The summed E-state index contributed by atoms with van der Waals surface area (Å²) in [6.45, 7) is 1.89. The molecule has 0 unspecified atom stereocenters. The van der Waals surface area contributed by atoms with E-state index >= 15 is 0 Å². The summed E-state index contributed by atoms with van der Waals surface area (Å²) in [4.78, 5) is 27.5. The molecule has 3 amide bonds. The molecule has 2 aromatic rings. The maximum Gasteiger partial charge on any atom is 0.411 e. The largest absolute Gasteiger partial charge is 0.444 e. The van der Waals surface area contributed by atoms with Crippen LogP contribution < -0.4 is 10.6 Å². The number of halogens is 3. The Balaban J connectivity index is 1.37. The molecule has 0 aromatic heterocycles. The van der Waals surface area contributed by atoms with Crippen molar-refractivity contribution in [1.29, 1.82) is 0 Å². The Morgan fingerprint density at radius 1 is 0.969 bits per heavy atom. The topological polar surface area (TPSA) is 73.9 Å². The molecule has 32 heavy (non-hydrogen) atoms. The fraction of sp³-hybridized carbons (Fsp3) is 0.364. The highest BCUT2D eigenvalue weighted by Gasteiger charge is 2.22. The molecule has 0 radical (unpaired) electrons. The highest BCUT2D eigenvalue weighted by atomic mass is 35.5. The van der Waals surface area contributed by atoms with Gasteiger partial charge in [0.05, 0.1) is 6.54 Å². The SMILES string of the molecule is O=C(Nc1ccc(CNC(=O)N2CCN(CC(F)F)CC2)cc1)OCc1ccc(Cl)cc1. The Bertz CT molecular complexity index is 889. The van der Waals surface area contributed by atoms with E-state index in [1.807, 2.05) is 0 Å². The van der Waals surface area contributed by atoms with Gasteiger partial charge in [0.15, 0.2) is 0 Å². The van der Waals surface area contributed by atoms with E-state index < -0.39 is 12.5 Å². The van der Waals surface area contributed by atoms with E-state index in [-0.39, 0.29) is 19.2 Å². The van der Waals surface area contributed by atoms with Gasteiger partial charge in [-0.05, 0) is 35.4 Å². The minimum Gasteiger partial charge on any atom is -0.444 e. The summed E-state index contributed by atoms with van der Waals surface area (Å²) in [5, 5.41) is 6.08. The Morgan fingerprint density at radius 2 is 1.59 bits per heavy atom. The fourth-order valence-electron chi connectivity index (χ4n) is 3.21. The number of rotatable bonds is 7. The average Bonchev–Trinajstić information content (AvgIpc) is 2.78. The number of nitrogens with one attached hydrogen (secondary N) is 2. The first-order valence-electron chi connectivity index (χ1n) is 10.2. The molecule has 0 spiro atoms. The molecule has 1 fully saturated rings. The number of nitrogens with zero attached hydrogens (tertiary/aromatic N) is 2. The van der Waals surface area contributed by atoms with Crippen LogP contribution in [0.25, 0.3) is 0 Å². The van der Waals surface area contributed by atoms with Gasteiger partial charge in [-0.3, -0.25) is 10.2 Å². The summed E-state index contributed by atoms with van der Waals surface area (Å²) < 4.78 is 30.0. The van der Waals surface area contributed by atoms with Gasteiger partial charge in [0, 0.05) is 43.4 Å². The number of benzene rings is 2. The average molecular weight is 467 g/mol. The van der Waals surface area contributed by atoms with Gasteiger partial charge in [-0.15, -0.1) is 0 Å². The summed E-state index contributed by atoms with van der Waals surface area (Å²) in [7, 11) is 0. The van der Waals surface area contributed by atoms with Crippen LogP contribution in [0, 0.1) is 0 Å². The minimum absolute atomic E-state index is 0.128. The van der Waals surface area contributed by atoms with Crippen molar-refractivity contribution < 1.29 is 23.1 Å². The number of anilines is 1. The Kier molecular flexibility index (Phi) is 8.64. The van der Waals surface area contributed by atoms with E-state index in [4.69, 9.17) is 16.3 Å². The molecule has 0 aliphatic carbocycles. The maximum atomic E-state index is 12.4. The lowest BCUT2D eigenvalue weighted by Crippen LogP contribution is -2.52. The Hall–Kier alpha value is -2.91. The minimum atomic E-state index is -2.36. The van der Waals surface area contributed by atoms with E-state index in [0.29, 0.717) is 43.4 Å². The van der Waals surface area contributed by atoms with Crippen molar-refractivity contribution in [3.8, 4) is 0 Å². The predicted molar refractivity (Wildman–Crippen MR) is 118 cm³/mol. The van der Waals surface area contributed by atoms with Gasteiger partial charge >= 0.3 is 12.1 Å². The van der Waals surface area contributed by atoms with Crippen LogP contribution in [0.15, 0.2) is 48.5 Å². The van der Waals surface area contributed by atoms with Crippen LogP contribution in [-0.4, -0.2) is 61.1 Å². The normalized spacial score (nSPS) is 14.3. The molecule has 0 saturated carbocycles. The monoisotopic (exact) mass is 466 g/mol. The van der Waals surface area contributed by atoms with Crippen molar-refractivity contribution in [3.05, 3.63) is 64.7 Å². The van der Waals surface area contributed by atoms with Crippen LogP contribution in [0.4, 0.5) is 24.1 Å². The summed E-state index contributed by atoms with van der Waals surface area (Å²) in [5.74, 6) is 0. The summed E-state index contributed by atoms with van der Waals surface area (Å²) in [6, 6.07) is 13.8. The second-order valence-electron chi connectivity index (χ2n) is 7.36. The van der Waals surface area contributed by atoms with Gasteiger partial charge < -0.3 is 15.0 Å². The molecule has 0 bridgehead atoms. The molecular formula is C22H25ClF2N4O3. The Morgan fingerprint density at radius 3 is 2.22 bits per heavy atom. The van der Waals surface area contributed by atoms with Crippen molar-refractivity contribution in [3.63, 3.8) is 0 Å². The molecule has 1 aliphatic rings. The molecule has 1 saturated heterocycles. The van der Waals surface area contributed by atoms with Gasteiger partial charge in [0.2, 0.25) is 0 Å². The third kappa shape index (κ3) is 7.65. The number of amides is 3. The number of alkyl halides is 2. The number of piperazine rings is 1. The number of urea groups is 1. The van der Waals surface area contributed by atoms with Gasteiger partial charge in [0.1, 0.15) is 6.61 Å². The van der Waals surface area contributed by atoms with Crippen molar-refractivity contribution >= 4 is 29.4 Å². The second-order valence-corrected chi connectivity index (χ2v) is 7.80. The van der Waals surface area contributed by atoms with Crippen molar-refractivity contribution in [2.45, 2.75) is 19.6 Å². The first kappa shape index (κ1) is 23.7. The number of hydrogen-bond donors (Lipinski definition) is 2. The van der Waals surface area contributed by atoms with E-state index in [1.54, 1.807) is 58.3 Å². The number of carbonyl (C=O) groups excluding carboxylic acids is 2. The lowest BCUT2D eigenvalue weighted by molar-refractivity contribution is 0.0636. The molecule has 1 heterocycles. The predicted octanol–water partition coefficient (Wildman–Crippen LogP) is 4.18. The highest BCUT2D eigenvalue weighted by molar-refractivity contribution is 6.30. The zero-order valence-corrected chi connectivity index (χ0v) is 18.2. The van der Waals surface area contributed by atoms with Gasteiger partial charge in [-0.25, -0.2) is 18.4 Å². The van der Waals surface area contributed by atoms with Crippen molar-refractivity contribution in [2.75, 3.05) is 38.0 Å². The number of hydrogen-bond acceptors (Lipinski definition) is 4. The molecule has 7 nitrogen and oxygen atoms in total. The van der Waals surface area contributed by atoms with Crippen LogP contribution >= 0.6 is 11.6 Å². The van der Waals surface area contributed by atoms with Gasteiger partial charge in [-0.1, -0.05) is 35.9 Å². The number of carbonyl (C=O) groups is 2. The lowest BCUT2D eigenvalue weighted by Gasteiger charge is -2.34. The van der Waals surface area contributed by atoms with E-state index in [9.17, 15) is 18.4 Å². The molecular weight excluding hydrogens is 442 g/mol. The molecule has 172 valence electrons. The fourth-order valence-corrected chi connectivity index (χ4v) is 3.33. The standard InChI is InChI=1S/C22H25ClF2N4O3/c23-18-5-1-17(2-6-18)15-32-22(31)27-19-7-3-16(4-8-19)13-26-21(30)29-11-9-28(10-12-29)14-20(24)25/h1-8,20H,9-15H2,(H,26,30)(H,27,31). The van der Waals surface area contributed by atoms with Crippen LogP contribution in [0.3, 0.4) is 0 Å². The lowest BCUT2D eigenvalue weighted by atomic mass is 10.2. The smallest absolute Gasteiger partial charge is 0.411 e. The molecule has 1 aliphatic heterocycles. The van der Waals surface area contributed by atoms with E-state index in [2.05, 4.69) is 10.6 Å². The Labute approximate surface area is 190 Å². The highest BCUT2D eigenvalue weighted by Crippen LogP contribution is 2.13. The van der Waals surface area contributed by atoms with Gasteiger partial charge in [-0.2, -0.15) is 0 Å². The second kappa shape index (κ2) is 11.6. The van der Waals surface area contributed by atoms with Crippen molar-refractivity contribution in [2.24, 2.45) is 0 Å². The third-order valence-electron chi connectivity index (χ3n) is 4.98. The maximum absolute atomic E-state index is 12.4. The van der Waals surface area contributed by atoms with Crippen LogP contribution in [-0.2, 0) is 17.9 Å². The van der Waals surface area contributed by atoms with Gasteiger partial charge in [0.25, 0.3) is 6.43 Å². The third-order valence-corrected chi connectivity index (χ3v) is 5.23. The zero-order valence-electron chi connectivity index (χ0n) is 17.4. The van der Waals surface area contributed by atoms with Crippen molar-refractivity contribution in [1.82, 2.24) is 15.1 Å². The van der Waals surface area contributed by atoms with E-state index in [1.165, 1.54) is 0 Å². The van der Waals surface area contributed by atoms with E-state index in [0.717, 1.165) is 11.1 Å². The quantitative estimate of drug-likeness (QED) is 0.642.